The Morgan fingerprint density at radius 3 is 2.73 bits per heavy atom. The number of carboxylic acids is 1. The molecule has 1 rings (SSSR count). The van der Waals surface area contributed by atoms with Crippen molar-refractivity contribution < 1.29 is 20.1 Å². The Morgan fingerprint density at radius 2 is 2.13 bits per heavy atom. The van der Waals surface area contributed by atoms with Gasteiger partial charge in [-0.25, -0.2) is 0 Å². The van der Waals surface area contributed by atoms with Crippen LogP contribution in [-0.2, 0) is 11.2 Å². The zero-order valence-electron chi connectivity index (χ0n) is 8.26. The van der Waals surface area contributed by atoms with Crippen LogP contribution in [0.5, 0.6) is 5.75 Å². The minimum absolute atomic E-state index is 0.0417. The fourth-order valence-electron chi connectivity index (χ4n) is 1.35. The third-order valence-electron chi connectivity index (χ3n) is 2.07. The fraction of sp³-hybridized carbons (Fsp3) is 0.364. The lowest BCUT2D eigenvalue weighted by Crippen LogP contribution is -2.12. The van der Waals surface area contributed by atoms with Crippen LogP contribution in [-0.4, -0.2) is 27.4 Å². The Kier molecular flexibility index (Phi) is 4.12. The molecule has 0 amide bonds. The summed E-state index contributed by atoms with van der Waals surface area (Å²) < 4.78 is 0. The number of rotatable bonds is 5. The molecule has 1 aromatic rings. The van der Waals surface area contributed by atoms with E-state index >= 15 is 0 Å². The topological polar surface area (TPSA) is 77.8 Å². The molecule has 0 aliphatic heterocycles. The summed E-state index contributed by atoms with van der Waals surface area (Å²) >= 11 is 0. The smallest absolute Gasteiger partial charge is 0.303 e. The van der Waals surface area contributed by atoms with Crippen LogP contribution in [0, 0.1) is 0 Å². The SMILES string of the molecule is O=C(O)CC[C@@H](O)Cc1cccc(O)c1. The van der Waals surface area contributed by atoms with E-state index in [1.165, 1.54) is 0 Å². The fourth-order valence-corrected chi connectivity index (χ4v) is 1.35. The van der Waals surface area contributed by atoms with Crippen molar-refractivity contribution in [2.24, 2.45) is 0 Å². The van der Waals surface area contributed by atoms with E-state index in [1.54, 1.807) is 24.3 Å². The number of phenolic OH excluding ortho intramolecular Hbond substituents is 1. The second kappa shape index (κ2) is 5.36. The number of hydrogen-bond acceptors (Lipinski definition) is 3. The standard InChI is InChI=1S/C11H14O4/c12-9-3-1-2-8(6-9)7-10(13)4-5-11(14)15/h1-3,6,10,12-13H,4-5,7H2,(H,14,15)/t10-/m1/s1. The summed E-state index contributed by atoms with van der Waals surface area (Å²) in [5.41, 5.74) is 0.799. The molecule has 0 saturated carbocycles. The van der Waals surface area contributed by atoms with Crippen molar-refractivity contribution in [2.75, 3.05) is 0 Å². The highest BCUT2D eigenvalue weighted by atomic mass is 16.4. The first-order valence-electron chi connectivity index (χ1n) is 4.75. The second-order valence-corrected chi connectivity index (χ2v) is 3.46. The molecule has 0 aromatic heterocycles. The first kappa shape index (κ1) is 11.5. The number of phenols is 1. The average Bonchev–Trinajstić information content (AvgIpc) is 2.15. The zero-order chi connectivity index (χ0) is 11.3. The molecule has 3 N–H and O–H groups in total. The van der Waals surface area contributed by atoms with Crippen molar-refractivity contribution >= 4 is 5.97 Å². The molecule has 0 heterocycles. The van der Waals surface area contributed by atoms with Gasteiger partial charge in [0.1, 0.15) is 5.75 Å². The van der Waals surface area contributed by atoms with Crippen LogP contribution in [0.3, 0.4) is 0 Å². The number of carboxylic acid groups (broad SMARTS) is 1. The highest BCUT2D eigenvalue weighted by molar-refractivity contribution is 5.66. The van der Waals surface area contributed by atoms with E-state index in [0.29, 0.717) is 6.42 Å². The van der Waals surface area contributed by atoms with E-state index < -0.39 is 12.1 Å². The first-order valence-corrected chi connectivity index (χ1v) is 4.75. The Bertz CT molecular complexity index is 335. The van der Waals surface area contributed by atoms with E-state index in [1.807, 2.05) is 0 Å². The Balaban J connectivity index is 2.44. The van der Waals surface area contributed by atoms with E-state index in [-0.39, 0.29) is 18.6 Å². The van der Waals surface area contributed by atoms with Gasteiger partial charge >= 0.3 is 5.97 Å². The minimum Gasteiger partial charge on any atom is -0.508 e. The minimum atomic E-state index is -0.912. The molecule has 0 unspecified atom stereocenters. The van der Waals surface area contributed by atoms with Crippen molar-refractivity contribution in [1.82, 2.24) is 0 Å². The van der Waals surface area contributed by atoms with Crippen LogP contribution in [0.1, 0.15) is 18.4 Å². The Morgan fingerprint density at radius 1 is 1.40 bits per heavy atom. The first-order chi connectivity index (χ1) is 7.08. The van der Waals surface area contributed by atoms with Crippen molar-refractivity contribution in [3.05, 3.63) is 29.8 Å². The molecule has 0 aliphatic rings. The number of aliphatic hydroxyl groups excluding tert-OH is 1. The average molecular weight is 210 g/mol. The quantitative estimate of drug-likeness (QED) is 0.681. The van der Waals surface area contributed by atoms with Gasteiger partial charge in [-0.2, -0.15) is 0 Å². The summed E-state index contributed by atoms with van der Waals surface area (Å²) in [6, 6.07) is 6.58. The summed E-state index contributed by atoms with van der Waals surface area (Å²) in [7, 11) is 0. The number of hydrogen-bond donors (Lipinski definition) is 3. The van der Waals surface area contributed by atoms with E-state index in [4.69, 9.17) is 10.2 Å². The Hall–Kier alpha value is -1.55. The molecule has 4 heteroatoms. The number of aliphatic carboxylic acids is 1. The second-order valence-electron chi connectivity index (χ2n) is 3.46. The van der Waals surface area contributed by atoms with Crippen LogP contribution in [0.15, 0.2) is 24.3 Å². The molecule has 0 radical (unpaired) electrons. The largest absolute Gasteiger partial charge is 0.508 e. The summed E-state index contributed by atoms with van der Waals surface area (Å²) in [6.07, 6.45) is -0.130. The van der Waals surface area contributed by atoms with Crippen molar-refractivity contribution in [1.29, 1.82) is 0 Å². The molecule has 0 saturated heterocycles. The maximum absolute atomic E-state index is 10.3. The summed E-state index contributed by atoms with van der Waals surface area (Å²) in [5, 5.41) is 27.1. The predicted octanol–water partition coefficient (Wildman–Crippen LogP) is 1.16. The lowest BCUT2D eigenvalue weighted by atomic mass is 10.0. The van der Waals surface area contributed by atoms with Gasteiger partial charge in [-0.05, 0) is 30.5 Å². The summed E-state index contributed by atoms with van der Waals surface area (Å²) in [5.74, 6) is -0.761. The highest BCUT2D eigenvalue weighted by Gasteiger charge is 2.08. The van der Waals surface area contributed by atoms with Crippen LogP contribution in [0.25, 0.3) is 0 Å². The Labute approximate surface area is 87.8 Å². The third-order valence-corrected chi connectivity index (χ3v) is 2.07. The summed E-state index contributed by atoms with van der Waals surface area (Å²) in [6.45, 7) is 0. The van der Waals surface area contributed by atoms with Gasteiger partial charge in [-0.15, -0.1) is 0 Å². The van der Waals surface area contributed by atoms with Gasteiger partial charge in [-0.3, -0.25) is 4.79 Å². The van der Waals surface area contributed by atoms with Gasteiger partial charge < -0.3 is 15.3 Å². The molecule has 0 aliphatic carbocycles. The van der Waals surface area contributed by atoms with Crippen molar-refractivity contribution in [3.8, 4) is 5.75 Å². The summed E-state index contributed by atoms with van der Waals surface area (Å²) in [4.78, 5) is 10.3. The molecular weight excluding hydrogens is 196 g/mol. The van der Waals surface area contributed by atoms with Gasteiger partial charge in [0, 0.05) is 6.42 Å². The lowest BCUT2D eigenvalue weighted by molar-refractivity contribution is -0.137. The maximum Gasteiger partial charge on any atom is 0.303 e. The van der Waals surface area contributed by atoms with E-state index in [9.17, 15) is 9.90 Å². The van der Waals surface area contributed by atoms with Gasteiger partial charge in [0.05, 0.1) is 6.10 Å². The van der Waals surface area contributed by atoms with Crippen molar-refractivity contribution in [2.45, 2.75) is 25.4 Å². The van der Waals surface area contributed by atoms with Crippen LogP contribution >= 0.6 is 0 Å². The molecule has 15 heavy (non-hydrogen) atoms. The van der Waals surface area contributed by atoms with Crippen LogP contribution in [0.2, 0.25) is 0 Å². The zero-order valence-corrected chi connectivity index (χ0v) is 8.26. The van der Waals surface area contributed by atoms with Gasteiger partial charge in [-0.1, -0.05) is 12.1 Å². The predicted molar refractivity (Wildman–Crippen MR) is 54.7 cm³/mol. The van der Waals surface area contributed by atoms with E-state index in [2.05, 4.69) is 0 Å². The molecule has 1 atom stereocenters. The monoisotopic (exact) mass is 210 g/mol. The van der Waals surface area contributed by atoms with Crippen LogP contribution in [0.4, 0.5) is 0 Å². The number of aliphatic hydroxyl groups is 1. The van der Waals surface area contributed by atoms with E-state index in [0.717, 1.165) is 5.56 Å². The molecular formula is C11H14O4. The van der Waals surface area contributed by atoms with Gasteiger partial charge in [0.25, 0.3) is 0 Å². The molecule has 0 bridgehead atoms. The number of carbonyl (C=O) groups is 1. The molecule has 0 spiro atoms. The third kappa shape index (κ3) is 4.46. The number of benzene rings is 1. The molecule has 0 fully saturated rings. The maximum atomic E-state index is 10.3. The highest BCUT2D eigenvalue weighted by Crippen LogP contribution is 2.14. The van der Waals surface area contributed by atoms with Gasteiger partial charge in [0.2, 0.25) is 0 Å². The van der Waals surface area contributed by atoms with Crippen LogP contribution < -0.4 is 0 Å². The van der Waals surface area contributed by atoms with Crippen molar-refractivity contribution in [3.63, 3.8) is 0 Å². The lowest BCUT2D eigenvalue weighted by Gasteiger charge is -2.09. The molecule has 4 nitrogen and oxygen atoms in total. The molecule has 1 aromatic carbocycles. The molecule has 82 valence electrons. The number of aromatic hydroxyl groups is 1. The van der Waals surface area contributed by atoms with Gasteiger partial charge in [0.15, 0.2) is 0 Å². The normalized spacial score (nSPS) is 12.3.